The van der Waals surface area contributed by atoms with Gasteiger partial charge in [0, 0.05) is 11.8 Å². The molecule has 1 aromatic carbocycles. The molecule has 1 heterocycles. The van der Waals surface area contributed by atoms with Gasteiger partial charge in [0.05, 0.1) is 19.0 Å². The Labute approximate surface area is 156 Å². The number of nitrogens with zero attached hydrogens (tertiary/aromatic N) is 2. The van der Waals surface area contributed by atoms with Crippen LogP contribution in [0.2, 0.25) is 0 Å². The number of benzene rings is 1. The van der Waals surface area contributed by atoms with Crippen LogP contribution < -0.4 is 15.6 Å². The molecule has 8 heteroatoms. The number of rotatable bonds is 8. The highest BCUT2D eigenvalue weighted by Gasteiger charge is 2.25. The average molecular weight is 373 g/mol. The molecule has 0 saturated carbocycles. The quantitative estimate of drug-likeness (QED) is 0.726. The molecule has 0 fully saturated rings. The van der Waals surface area contributed by atoms with Gasteiger partial charge in [-0.25, -0.2) is 9.78 Å². The standard InChI is InChI=1S/C19H23N3O5/c1-4-12(2)18(19(25)26)21-16(23)11-22-10-15(20-9-17(22)24)13-5-7-14(27-3)8-6-13/h5-10,12,18H,4,11H2,1-3H3,(H,21,23)(H,25,26)/t12-,18+/m0/s1. The Hall–Kier alpha value is -3.16. The summed E-state index contributed by atoms with van der Waals surface area (Å²) in [6.45, 7) is 3.31. The molecule has 2 atom stereocenters. The number of ether oxygens (including phenoxy) is 1. The second-order valence-electron chi connectivity index (χ2n) is 6.24. The zero-order valence-electron chi connectivity index (χ0n) is 15.5. The van der Waals surface area contributed by atoms with Crippen LogP contribution in [0.5, 0.6) is 5.75 Å². The van der Waals surface area contributed by atoms with Crippen LogP contribution in [0, 0.1) is 5.92 Å². The summed E-state index contributed by atoms with van der Waals surface area (Å²) in [6.07, 6.45) is 3.22. The third-order valence-electron chi connectivity index (χ3n) is 4.37. The molecule has 0 spiro atoms. The van der Waals surface area contributed by atoms with Gasteiger partial charge in [0.2, 0.25) is 5.91 Å². The van der Waals surface area contributed by atoms with E-state index in [-0.39, 0.29) is 12.5 Å². The first-order valence-electron chi connectivity index (χ1n) is 8.58. The fourth-order valence-corrected chi connectivity index (χ4v) is 2.53. The molecule has 2 aromatic rings. The molecule has 2 rings (SSSR count). The minimum absolute atomic E-state index is 0.226. The largest absolute Gasteiger partial charge is 0.497 e. The number of amides is 1. The van der Waals surface area contributed by atoms with Crippen LogP contribution in [0.3, 0.4) is 0 Å². The maximum absolute atomic E-state index is 12.3. The van der Waals surface area contributed by atoms with Crippen molar-refractivity contribution in [3.8, 4) is 17.0 Å². The Morgan fingerprint density at radius 1 is 1.30 bits per heavy atom. The Kier molecular flexibility index (Phi) is 6.70. The van der Waals surface area contributed by atoms with Crippen molar-refractivity contribution in [1.29, 1.82) is 0 Å². The van der Waals surface area contributed by atoms with Crippen LogP contribution >= 0.6 is 0 Å². The number of carboxylic acids is 1. The second kappa shape index (κ2) is 8.98. The first-order valence-corrected chi connectivity index (χ1v) is 8.58. The molecule has 2 N–H and O–H groups in total. The fraction of sp³-hybridized carbons (Fsp3) is 0.368. The molecule has 0 aliphatic heterocycles. The topological polar surface area (TPSA) is 111 Å². The van der Waals surface area contributed by atoms with Crippen LogP contribution in [0.15, 0.2) is 41.5 Å². The van der Waals surface area contributed by atoms with E-state index >= 15 is 0 Å². The molecule has 144 valence electrons. The third-order valence-corrected chi connectivity index (χ3v) is 4.37. The Morgan fingerprint density at radius 3 is 2.52 bits per heavy atom. The lowest BCUT2D eigenvalue weighted by molar-refractivity contribution is -0.143. The molecule has 0 aliphatic carbocycles. The normalized spacial score (nSPS) is 12.9. The summed E-state index contributed by atoms with van der Waals surface area (Å²) in [4.78, 5) is 39.7. The number of hydrogen-bond acceptors (Lipinski definition) is 5. The molecule has 0 saturated heterocycles. The number of carbonyl (C=O) groups excluding carboxylic acids is 1. The zero-order chi connectivity index (χ0) is 20.0. The van der Waals surface area contributed by atoms with E-state index in [0.29, 0.717) is 17.9 Å². The SMILES string of the molecule is CC[C@H](C)[C@@H](NC(=O)Cn1cc(-c2ccc(OC)cc2)ncc1=O)C(=O)O. The van der Waals surface area contributed by atoms with Crippen molar-refractivity contribution in [3.63, 3.8) is 0 Å². The number of aromatic nitrogens is 2. The van der Waals surface area contributed by atoms with Crippen LogP contribution in [-0.4, -0.2) is 39.7 Å². The number of methoxy groups -OCH3 is 1. The minimum atomic E-state index is -1.10. The molecular weight excluding hydrogens is 350 g/mol. The summed E-state index contributed by atoms with van der Waals surface area (Å²) < 4.78 is 6.31. The molecule has 0 unspecified atom stereocenters. The first-order chi connectivity index (χ1) is 12.8. The monoisotopic (exact) mass is 373 g/mol. The number of aliphatic carboxylic acids is 1. The van der Waals surface area contributed by atoms with E-state index in [0.717, 1.165) is 11.8 Å². The van der Waals surface area contributed by atoms with Crippen molar-refractivity contribution in [2.45, 2.75) is 32.9 Å². The predicted octanol–water partition coefficient (Wildman–Crippen LogP) is 1.53. The van der Waals surface area contributed by atoms with Gasteiger partial charge in [-0.05, 0) is 30.2 Å². The van der Waals surface area contributed by atoms with E-state index in [1.807, 2.05) is 6.92 Å². The molecular formula is C19H23N3O5. The van der Waals surface area contributed by atoms with Crippen molar-refractivity contribution >= 4 is 11.9 Å². The zero-order valence-corrected chi connectivity index (χ0v) is 15.5. The highest BCUT2D eigenvalue weighted by molar-refractivity contribution is 5.83. The third kappa shape index (κ3) is 5.16. The van der Waals surface area contributed by atoms with Gasteiger partial charge in [-0.15, -0.1) is 0 Å². The molecule has 0 bridgehead atoms. The van der Waals surface area contributed by atoms with Crippen molar-refractivity contribution in [2.75, 3.05) is 7.11 Å². The number of nitrogens with one attached hydrogen (secondary N) is 1. The van der Waals surface area contributed by atoms with Crippen LogP contribution in [0.4, 0.5) is 0 Å². The molecule has 0 radical (unpaired) electrons. The summed E-state index contributed by atoms with van der Waals surface area (Å²) in [6, 6.07) is 6.12. The van der Waals surface area contributed by atoms with E-state index < -0.39 is 23.5 Å². The van der Waals surface area contributed by atoms with Gasteiger partial charge in [0.1, 0.15) is 18.3 Å². The lowest BCUT2D eigenvalue weighted by atomic mass is 9.99. The Morgan fingerprint density at radius 2 is 1.96 bits per heavy atom. The predicted molar refractivity (Wildman–Crippen MR) is 99.5 cm³/mol. The number of hydrogen-bond donors (Lipinski definition) is 2. The van der Waals surface area contributed by atoms with Gasteiger partial charge in [-0.2, -0.15) is 0 Å². The van der Waals surface area contributed by atoms with Gasteiger partial charge in [-0.3, -0.25) is 9.59 Å². The highest BCUT2D eigenvalue weighted by Crippen LogP contribution is 2.19. The van der Waals surface area contributed by atoms with Gasteiger partial charge in [0.25, 0.3) is 5.56 Å². The summed E-state index contributed by atoms with van der Waals surface area (Å²) in [5.41, 5.74) is 0.826. The van der Waals surface area contributed by atoms with E-state index in [4.69, 9.17) is 4.74 Å². The highest BCUT2D eigenvalue weighted by atomic mass is 16.5. The van der Waals surface area contributed by atoms with Crippen LogP contribution in [0.25, 0.3) is 11.3 Å². The van der Waals surface area contributed by atoms with Crippen molar-refractivity contribution in [3.05, 3.63) is 47.0 Å². The number of carbonyl (C=O) groups is 2. The average Bonchev–Trinajstić information content (AvgIpc) is 2.67. The van der Waals surface area contributed by atoms with Crippen LogP contribution in [0.1, 0.15) is 20.3 Å². The van der Waals surface area contributed by atoms with Gasteiger partial charge in [-0.1, -0.05) is 20.3 Å². The molecule has 1 aromatic heterocycles. The summed E-state index contributed by atoms with van der Waals surface area (Å²) in [7, 11) is 1.57. The summed E-state index contributed by atoms with van der Waals surface area (Å²) in [5, 5.41) is 11.8. The molecule has 0 aliphatic rings. The first kappa shape index (κ1) is 20.2. The lowest BCUT2D eigenvalue weighted by Gasteiger charge is -2.20. The lowest BCUT2D eigenvalue weighted by Crippen LogP contribution is -2.46. The summed E-state index contributed by atoms with van der Waals surface area (Å²) >= 11 is 0. The maximum Gasteiger partial charge on any atom is 0.326 e. The minimum Gasteiger partial charge on any atom is -0.497 e. The smallest absolute Gasteiger partial charge is 0.326 e. The Bertz CT molecular complexity index is 860. The van der Waals surface area contributed by atoms with Gasteiger partial charge >= 0.3 is 5.97 Å². The molecule has 27 heavy (non-hydrogen) atoms. The van der Waals surface area contributed by atoms with Gasteiger partial charge < -0.3 is 19.7 Å². The molecule has 1 amide bonds. The van der Waals surface area contributed by atoms with Crippen molar-refractivity contribution in [2.24, 2.45) is 5.92 Å². The maximum atomic E-state index is 12.3. The fourth-order valence-electron chi connectivity index (χ4n) is 2.53. The summed E-state index contributed by atoms with van der Waals surface area (Å²) in [5.74, 6) is -1.18. The van der Waals surface area contributed by atoms with E-state index in [1.165, 1.54) is 10.8 Å². The van der Waals surface area contributed by atoms with E-state index in [2.05, 4.69) is 10.3 Å². The van der Waals surface area contributed by atoms with E-state index in [1.54, 1.807) is 38.3 Å². The van der Waals surface area contributed by atoms with Crippen molar-refractivity contribution in [1.82, 2.24) is 14.9 Å². The second-order valence-corrected chi connectivity index (χ2v) is 6.24. The van der Waals surface area contributed by atoms with Gasteiger partial charge in [0.15, 0.2) is 0 Å². The molecule has 8 nitrogen and oxygen atoms in total. The Balaban J connectivity index is 2.19. The van der Waals surface area contributed by atoms with Crippen LogP contribution in [-0.2, 0) is 16.1 Å². The number of carboxylic acid groups (broad SMARTS) is 1. The van der Waals surface area contributed by atoms with E-state index in [9.17, 15) is 19.5 Å². The van der Waals surface area contributed by atoms with Crippen molar-refractivity contribution < 1.29 is 19.4 Å².